The highest BCUT2D eigenvalue weighted by Crippen LogP contribution is 2.24. The number of carbonyl (C=O) groups excluding carboxylic acids is 3. The Hall–Kier alpha value is -3.51. The molecule has 0 saturated heterocycles. The first-order chi connectivity index (χ1) is 17.1. The van der Waals surface area contributed by atoms with Gasteiger partial charge in [-0.05, 0) is 43.9 Å². The van der Waals surface area contributed by atoms with Gasteiger partial charge in [0.05, 0.1) is 6.07 Å². The molecule has 0 aliphatic rings. The van der Waals surface area contributed by atoms with Crippen molar-refractivity contribution in [1.82, 2.24) is 15.5 Å². The summed E-state index contributed by atoms with van der Waals surface area (Å²) in [6.45, 7) is 7.03. The monoisotopic (exact) mass is 510 g/mol. The summed E-state index contributed by atoms with van der Waals surface area (Å²) in [5.74, 6) is -1.11. The van der Waals surface area contributed by atoms with Crippen molar-refractivity contribution in [2.24, 2.45) is 0 Å². The number of amides is 3. The van der Waals surface area contributed by atoms with Crippen LogP contribution in [0.1, 0.15) is 50.4 Å². The SMILES string of the molecule is CCc1ccc(C(C(=O)NCc2ccccc2)N(CC#N)C(=O)C(CS)NC(=O)OC(C)(C)C)cc1. The van der Waals surface area contributed by atoms with Crippen molar-refractivity contribution in [2.75, 3.05) is 12.3 Å². The van der Waals surface area contributed by atoms with Crippen molar-refractivity contribution in [3.63, 3.8) is 0 Å². The van der Waals surface area contributed by atoms with Gasteiger partial charge in [-0.25, -0.2) is 4.79 Å². The molecule has 0 fully saturated rings. The minimum absolute atomic E-state index is 0.0485. The number of nitrogens with zero attached hydrogens (tertiary/aromatic N) is 2. The quantitative estimate of drug-likeness (QED) is 0.333. The van der Waals surface area contributed by atoms with E-state index < -0.39 is 35.6 Å². The van der Waals surface area contributed by atoms with Crippen LogP contribution in [0.2, 0.25) is 0 Å². The molecule has 192 valence electrons. The summed E-state index contributed by atoms with van der Waals surface area (Å²) in [6, 6.07) is 16.5. The molecule has 36 heavy (non-hydrogen) atoms. The summed E-state index contributed by atoms with van der Waals surface area (Å²) in [6.07, 6.45) is 0.0252. The van der Waals surface area contributed by atoms with E-state index in [1.165, 1.54) is 4.90 Å². The lowest BCUT2D eigenvalue weighted by molar-refractivity contribution is -0.141. The third kappa shape index (κ3) is 8.61. The molecule has 2 rings (SSSR count). The van der Waals surface area contributed by atoms with Crippen molar-refractivity contribution in [2.45, 2.75) is 58.3 Å². The Balaban J connectivity index is 2.37. The van der Waals surface area contributed by atoms with E-state index in [1.54, 1.807) is 32.9 Å². The normalized spacial score (nSPS) is 12.6. The average Bonchev–Trinajstić information content (AvgIpc) is 2.85. The fourth-order valence-electron chi connectivity index (χ4n) is 3.50. The number of nitriles is 1. The number of nitrogens with one attached hydrogen (secondary N) is 2. The van der Waals surface area contributed by atoms with Gasteiger partial charge in [-0.2, -0.15) is 17.9 Å². The van der Waals surface area contributed by atoms with Crippen LogP contribution in [0.25, 0.3) is 0 Å². The molecule has 2 atom stereocenters. The lowest BCUT2D eigenvalue weighted by Crippen LogP contribution is -2.53. The van der Waals surface area contributed by atoms with Crippen LogP contribution in [-0.2, 0) is 27.3 Å². The van der Waals surface area contributed by atoms with Gasteiger partial charge in [0, 0.05) is 12.3 Å². The van der Waals surface area contributed by atoms with Gasteiger partial charge in [-0.1, -0.05) is 61.5 Å². The van der Waals surface area contributed by atoms with E-state index in [0.29, 0.717) is 5.56 Å². The number of alkyl carbamates (subject to hydrolysis) is 1. The number of rotatable bonds is 10. The van der Waals surface area contributed by atoms with Gasteiger partial charge < -0.3 is 20.3 Å². The van der Waals surface area contributed by atoms with Gasteiger partial charge in [0.15, 0.2) is 0 Å². The van der Waals surface area contributed by atoms with Crippen molar-refractivity contribution in [1.29, 1.82) is 5.26 Å². The highest BCUT2D eigenvalue weighted by molar-refractivity contribution is 7.80. The van der Waals surface area contributed by atoms with Crippen molar-refractivity contribution in [3.8, 4) is 6.07 Å². The molecule has 3 amide bonds. The van der Waals surface area contributed by atoms with Gasteiger partial charge in [0.1, 0.15) is 24.2 Å². The molecular weight excluding hydrogens is 476 g/mol. The third-order valence-electron chi connectivity index (χ3n) is 5.27. The fourth-order valence-corrected chi connectivity index (χ4v) is 3.75. The Bertz CT molecular complexity index is 1060. The van der Waals surface area contributed by atoms with Gasteiger partial charge in [-0.3, -0.25) is 9.59 Å². The number of ether oxygens (including phenoxy) is 1. The zero-order valence-corrected chi connectivity index (χ0v) is 22.0. The second kappa shape index (κ2) is 13.5. The Labute approximate surface area is 218 Å². The molecule has 8 nitrogen and oxygen atoms in total. The van der Waals surface area contributed by atoms with Crippen LogP contribution in [-0.4, -0.2) is 46.7 Å². The van der Waals surface area contributed by atoms with Crippen LogP contribution in [0.3, 0.4) is 0 Å². The highest BCUT2D eigenvalue weighted by atomic mass is 32.1. The highest BCUT2D eigenvalue weighted by Gasteiger charge is 2.35. The molecule has 0 spiro atoms. The molecule has 2 aromatic carbocycles. The lowest BCUT2D eigenvalue weighted by Gasteiger charge is -2.32. The van der Waals surface area contributed by atoms with Crippen molar-refractivity contribution in [3.05, 3.63) is 71.3 Å². The molecular formula is C27H34N4O4S. The molecule has 0 aromatic heterocycles. The van der Waals surface area contributed by atoms with Gasteiger partial charge in [0.2, 0.25) is 11.8 Å². The number of aryl methyl sites for hydroxylation is 1. The maximum atomic E-state index is 13.6. The maximum absolute atomic E-state index is 13.6. The second-order valence-electron chi connectivity index (χ2n) is 9.21. The van der Waals surface area contributed by atoms with Gasteiger partial charge >= 0.3 is 6.09 Å². The zero-order valence-electron chi connectivity index (χ0n) is 21.2. The first-order valence-electron chi connectivity index (χ1n) is 11.8. The summed E-state index contributed by atoms with van der Waals surface area (Å²) >= 11 is 4.23. The van der Waals surface area contributed by atoms with Crippen molar-refractivity contribution >= 4 is 30.5 Å². The van der Waals surface area contributed by atoms with E-state index in [1.807, 2.05) is 55.5 Å². The van der Waals surface area contributed by atoms with Crippen LogP contribution in [0, 0.1) is 11.3 Å². The number of carbonyl (C=O) groups is 3. The topological polar surface area (TPSA) is 112 Å². The molecule has 0 saturated carbocycles. The van der Waals surface area contributed by atoms with Crippen LogP contribution in [0.15, 0.2) is 54.6 Å². The number of benzene rings is 2. The Morgan fingerprint density at radius 1 is 1.06 bits per heavy atom. The molecule has 9 heteroatoms. The lowest BCUT2D eigenvalue weighted by atomic mass is 10.0. The molecule has 2 unspecified atom stereocenters. The Kier molecular flexibility index (Phi) is 10.8. The molecule has 2 N–H and O–H groups in total. The molecule has 0 aliphatic heterocycles. The summed E-state index contributed by atoms with van der Waals surface area (Å²) in [7, 11) is 0. The summed E-state index contributed by atoms with van der Waals surface area (Å²) in [5.41, 5.74) is 1.75. The predicted molar refractivity (Wildman–Crippen MR) is 141 cm³/mol. The summed E-state index contributed by atoms with van der Waals surface area (Å²) < 4.78 is 5.27. The fraction of sp³-hybridized carbons (Fsp3) is 0.407. The first-order valence-corrected chi connectivity index (χ1v) is 12.4. The minimum Gasteiger partial charge on any atom is -0.444 e. The zero-order chi connectivity index (χ0) is 26.7. The van der Waals surface area contributed by atoms with E-state index >= 15 is 0 Å². The van der Waals surface area contributed by atoms with Crippen LogP contribution in [0.4, 0.5) is 4.79 Å². The molecule has 0 aliphatic carbocycles. The second-order valence-corrected chi connectivity index (χ2v) is 9.57. The van der Waals surface area contributed by atoms with E-state index in [0.717, 1.165) is 17.5 Å². The van der Waals surface area contributed by atoms with E-state index in [-0.39, 0.29) is 18.8 Å². The van der Waals surface area contributed by atoms with E-state index in [2.05, 4.69) is 23.3 Å². The van der Waals surface area contributed by atoms with Gasteiger partial charge in [0.25, 0.3) is 0 Å². The molecule has 0 radical (unpaired) electrons. The molecule has 0 bridgehead atoms. The summed E-state index contributed by atoms with van der Waals surface area (Å²) in [4.78, 5) is 40.5. The van der Waals surface area contributed by atoms with E-state index in [4.69, 9.17) is 4.74 Å². The predicted octanol–water partition coefficient (Wildman–Crippen LogP) is 3.78. The number of thiol groups is 1. The number of hydrogen-bond donors (Lipinski definition) is 3. The van der Waals surface area contributed by atoms with E-state index in [9.17, 15) is 19.6 Å². The Morgan fingerprint density at radius 2 is 1.69 bits per heavy atom. The molecule has 0 heterocycles. The third-order valence-corrected chi connectivity index (χ3v) is 5.63. The van der Waals surface area contributed by atoms with Crippen LogP contribution in [0.5, 0.6) is 0 Å². The maximum Gasteiger partial charge on any atom is 0.408 e. The molecule has 2 aromatic rings. The average molecular weight is 511 g/mol. The largest absolute Gasteiger partial charge is 0.444 e. The first kappa shape index (κ1) is 28.7. The summed E-state index contributed by atoms with van der Waals surface area (Å²) in [5, 5.41) is 14.9. The minimum atomic E-state index is -1.10. The van der Waals surface area contributed by atoms with Crippen molar-refractivity contribution < 1.29 is 19.1 Å². The smallest absolute Gasteiger partial charge is 0.408 e. The number of hydrogen-bond acceptors (Lipinski definition) is 6. The standard InChI is InChI=1S/C27H34N4O4S/c1-5-19-11-13-21(14-12-19)23(24(32)29-17-20-9-7-6-8-10-20)31(16-15-28)25(33)22(18-36)30-26(34)35-27(2,3)4/h6-14,22-23,36H,5,16-18H2,1-4H3,(H,29,32)(H,30,34). The van der Waals surface area contributed by atoms with Crippen LogP contribution >= 0.6 is 12.6 Å². The Morgan fingerprint density at radius 3 is 2.22 bits per heavy atom. The van der Waals surface area contributed by atoms with Gasteiger partial charge in [-0.15, -0.1) is 0 Å². The van der Waals surface area contributed by atoms with Crippen LogP contribution < -0.4 is 10.6 Å².